The lowest BCUT2D eigenvalue weighted by Crippen LogP contribution is -2.44. The molecule has 1 fully saturated rings. The number of amides is 2. The third-order valence-electron chi connectivity index (χ3n) is 5.54. The predicted molar refractivity (Wildman–Crippen MR) is 117 cm³/mol. The van der Waals surface area contributed by atoms with Crippen molar-refractivity contribution >= 4 is 28.9 Å². The Hall–Kier alpha value is -3.75. The molecule has 3 N–H and O–H groups in total. The lowest BCUT2D eigenvalue weighted by atomic mass is 9.97. The molecule has 9 heteroatoms. The first-order valence-corrected chi connectivity index (χ1v) is 10.6. The second kappa shape index (κ2) is 10.0. The Morgan fingerprint density at radius 1 is 1.16 bits per heavy atom. The number of nitrogens with one attached hydrogen (secondary N) is 3. The molecule has 1 aliphatic carbocycles. The first-order valence-electron chi connectivity index (χ1n) is 10.6. The SMILES string of the molecule is O=C(N[C@@H](CC1CCCC1)C(=O)Nc1cnoc1)c1cccc(Nc2ccncc2F)c1. The largest absolute Gasteiger partial charge is 0.363 e. The van der Waals surface area contributed by atoms with Crippen LogP contribution >= 0.6 is 0 Å². The number of halogens is 1. The molecule has 4 rings (SSSR count). The molecule has 0 aliphatic heterocycles. The fraction of sp³-hybridized carbons (Fsp3) is 0.304. The molecule has 2 amide bonds. The number of nitrogens with zero attached hydrogens (tertiary/aromatic N) is 2. The van der Waals surface area contributed by atoms with E-state index >= 15 is 0 Å². The lowest BCUT2D eigenvalue weighted by molar-refractivity contribution is -0.118. The minimum Gasteiger partial charge on any atom is -0.363 e. The monoisotopic (exact) mass is 437 g/mol. The van der Waals surface area contributed by atoms with E-state index in [2.05, 4.69) is 26.1 Å². The summed E-state index contributed by atoms with van der Waals surface area (Å²) in [5.74, 6) is -0.811. The van der Waals surface area contributed by atoms with Crippen LogP contribution in [-0.2, 0) is 4.79 Å². The van der Waals surface area contributed by atoms with Gasteiger partial charge in [0.05, 0.1) is 18.1 Å². The van der Waals surface area contributed by atoms with Crippen LogP contribution in [0.5, 0.6) is 0 Å². The van der Waals surface area contributed by atoms with E-state index in [1.807, 2.05) is 0 Å². The number of aromatic nitrogens is 2. The molecule has 2 aromatic heterocycles. The molecule has 1 aliphatic rings. The van der Waals surface area contributed by atoms with Crippen LogP contribution in [0.3, 0.4) is 0 Å². The number of anilines is 3. The highest BCUT2D eigenvalue weighted by Gasteiger charge is 2.27. The van der Waals surface area contributed by atoms with E-state index in [4.69, 9.17) is 4.52 Å². The summed E-state index contributed by atoms with van der Waals surface area (Å²) in [6, 6.07) is 7.49. The van der Waals surface area contributed by atoms with E-state index in [0.29, 0.717) is 29.3 Å². The maximum absolute atomic E-state index is 13.9. The Morgan fingerprint density at radius 3 is 2.75 bits per heavy atom. The van der Waals surface area contributed by atoms with Gasteiger partial charge in [-0.2, -0.15) is 0 Å². The van der Waals surface area contributed by atoms with Gasteiger partial charge in [0.25, 0.3) is 5.91 Å². The van der Waals surface area contributed by atoms with Gasteiger partial charge in [-0.1, -0.05) is 36.9 Å². The van der Waals surface area contributed by atoms with E-state index < -0.39 is 11.9 Å². The highest BCUT2D eigenvalue weighted by Crippen LogP contribution is 2.29. The Balaban J connectivity index is 1.47. The van der Waals surface area contributed by atoms with E-state index in [0.717, 1.165) is 31.9 Å². The van der Waals surface area contributed by atoms with Gasteiger partial charge in [0.15, 0.2) is 5.82 Å². The molecule has 1 atom stereocenters. The van der Waals surface area contributed by atoms with Crippen molar-refractivity contribution in [1.82, 2.24) is 15.5 Å². The Labute approximate surface area is 184 Å². The van der Waals surface area contributed by atoms with Crippen molar-refractivity contribution in [2.45, 2.75) is 38.1 Å². The zero-order valence-electron chi connectivity index (χ0n) is 17.4. The minimum absolute atomic E-state index is 0.254. The van der Waals surface area contributed by atoms with Crippen molar-refractivity contribution in [3.63, 3.8) is 0 Å². The zero-order chi connectivity index (χ0) is 22.3. The summed E-state index contributed by atoms with van der Waals surface area (Å²) in [7, 11) is 0. The predicted octanol–water partition coefficient (Wildman–Crippen LogP) is 4.27. The average molecular weight is 437 g/mol. The van der Waals surface area contributed by atoms with Gasteiger partial charge >= 0.3 is 0 Å². The minimum atomic E-state index is -0.699. The lowest BCUT2D eigenvalue weighted by Gasteiger charge is -2.21. The molecule has 32 heavy (non-hydrogen) atoms. The Bertz CT molecular complexity index is 1070. The van der Waals surface area contributed by atoms with Crippen LogP contribution in [0.2, 0.25) is 0 Å². The fourth-order valence-corrected chi connectivity index (χ4v) is 3.92. The third-order valence-corrected chi connectivity index (χ3v) is 5.54. The maximum Gasteiger partial charge on any atom is 0.252 e. The Kier molecular flexibility index (Phi) is 6.74. The summed E-state index contributed by atoms with van der Waals surface area (Å²) < 4.78 is 18.6. The van der Waals surface area contributed by atoms with Crippen LogP contribution in [0.25, 0.3) is 0 Å². The molecule has 1 aromatic carbocycles. The van der Waals surface area contributed by atoms with Crippen LogP contribution in [0.15, 0.2) is 59.7 Å². The summed E-state index contributed by atoms with van der Waals surface area (Å²) in [6.07, 6.45) is 10.2. The molecular weight excluding hydrogens is 413 g/mol. The first-order chi connectivity index (χ1) is 15.6. The molecule has 0 bridgehead atoms. The third kappa shape index (κ3) is 5.48. The summed E-state index contributed by atoms with van der Waals surface area (Å²) in [5.41, 5.74) is 1.60. The van der Waals surface area contributed by atoms with Crippen LogP contribution < -0.4 is 16.0 Å². The van der Waals surface area contributed by atoms with Gasteiger partial charge in [-0.3, -0.25) is 14.6 Å². The summed E-state index contributed by atoms with van der Waals surface area (Å²) in [5, 5.41) is 12.1. The molecule has 3 aromatic rings. The summed E-state index contributed by atoms with van der Waals surface area (Å²) in [6.45, 7) is 0. The van der Waals surface area contributed by atoms with Crippen molar-refractivity contribution in [3.05, 3.63) is 66.6 Å². The number of carbonyl (C=O) groups is 2. The van der Waals surface area contributed by atoms with E-state index in [1.165, 1.54) is 24.7 Å². The second-order valence-electron chi connectivity index (χ2n) is 7.88. The van der Waals surface area contributed by atoms with Gasteiger partial charge in [0.2, 0.25) is 5.91 Å². The van der Waals surface area contributed by atoms with Gasteiger partial charge in [0, 0.05) is 17.4 Å². The Morgan fingerprint density at radius 2 is 2.00 bits per heavy atom. The van der Waals surface area contributed by atoms with Crippen LogP contribution in [0.4, 0.5) is 21.5 Å². The van der Waals surface area contributed by atoms with Crippen LogP contribution in [-0.4, -0.2) is 28.0 Å². The van der Waals surface area contributed by atoms with Crippen molar-refractivity contribution in [2.24, 2.45) is 5.92 Å². The smallest absolute Gasteiger partial charge is 0.252 e. The fourth-order valence-electron chi connectivity index (χ4n) is 3.92. The number of benzene rings is 1. The van der Waals surface area contributed by atoms with Crippen LogP contribution in [0.1, 0.15) is 42.5 Å². The molecule has 166 valence electrons. The molecule has 0 saturated heterocycles. The van der Waals surface area contributed by atoms with Gasteiger partial charge in [0.1, 0.15) is 18.0 Å². The first kappa shape index (κ1) is 21.5. The molecule has 0 radical (unpaired) electrons. The van der Waals surface area contributed by atoms with Crippen molar-refractivity contribution in [2.75, 3.05) is 10.6 Å². The highest BCUT2D eigenvalue weighted by molar-refractivity contribution is 6.01. The van der Waals surface area contributed by atoms with Gasteiger partial charge in [-0.05, 0) is 36.6 Å². The highest BCUT2D eigenvalue weighted by atomic mass is 19.1. The van der Waals surface area contributed by atoms with Gasteiger partial charge < -0.3 is 20.5 Å². The second-order valence-corrected chi connectivity index (χ2v) is 7.88. The van der Waals surface area contributed by atoms with E-state index in [9.17, 15) is 14.0 Å². The zero-order valence-corrected chi connectivity index (χ0v) is 17.4. The standard InChI is InChI=1S/C23H24FN5O3/c24-19-13-25-9-8-20(19)27-17-7-3-6-16(11-17)22(30)29-21(10-15-4-1-2-5-15)23(31)28-18-12-26-32-14-18/h3,6-9,11-15,21H,1-2,4-5,10H2,(H,25,27)(H,28,31)(H,29,30)/t21-/m0/s1. The number of hydrogen-bond acceptors (Lipinski definition) is 6. The molecule has 1 saturated carbocycles. The molecule has 0 spiro atoms. The number of rotatable bonds is 8. The van der Waals surface area contributed by atoms with Crippen molar-refractivity contribution in [1.29, 1.82) is 0 Å². The average Bonchev–Trinajstić information content (AvgIpc) is 3.49. The van der Waals surface area contributed by atoms with E-state index in [1.54, 1.807) is 24.3 Å². The topological polar surface area (TPSA) is 109 Å². The molecular formula is C23H24FN5O3. The van der Waals surface area contributed by atoms with Crippen LogP contribution in [0, 0.1) is 11.7 Å². The van der Waals surface area contributed by atoms with E-state index in [-0.39, 0.29) is 17.5 Å². The quantitative estimate of drug-likeness (QED) is 0.486. The molecule has 0 unspecified atom stereocenters. The van der Waals surface area contributed by atoms with Gasteiger partial charge in [-0.25, -0.2) is 4.39 Å². The number of pyridine rings is 1. The molecule has 8 nitrogen and oxygen atoms in total. The maximum atomic E-state index is 13.9. The normalized spacial score (nSPS) is 14.7. The van der Waals surface area contributed by atoms with Crippen molar-refractivity contribution in [3.8, 4) is 0 Å². The van der Waals surface area contributed by atoms with Gasteiger partial charge in [-0.15, -0.1) is 0 Å². The summed E-state index contributed by atoms with van der Waals surface area (Å²) >= 11 is 0. The number of hydrogen-bond donors (Lipinski definition) is 3. The molecule has 2 heterocycles. The van der Waals surface area contributed by atoms with Crippen molar-refractivity contribution < 1.29 is 18.5 Å². The number of carbonyl (C=O) groups excluding carboxylic acids is 2. The summed E-state index contributed by atoms with van der Waals surface area (Å²) in [4.78, 5) is 29.6.